The van der Waals surface area contributed by atoms with E-state index in [1.165, 1.54) is 5.57 Å². The maximum Gasteiger partial charge on any atom is 0.326 e. The third kappa shape index (κ3) is 5.07. The molecule has 0 saturated heterocycles. The lowest BCUT2D eigenvalue weighted by atomic mass is 9.47. The number of amides is 1. The number of esters is 1. The van der Waals surface area contributed by atoms with Crippen LogP contribution >= 0.6 is 0 Å². The zero-order valence-electron chi connectivity index (χ0n) is 24.6. The third-order valence-electron chi connectivity index (χ3n) is 11.4. The first-order valence-electron chi connectivity index (χ1n) is 15.6. The Balaban J connectivity index is 1.03. The number of ketones is 1. The van der Waals surface area contributed by atoms with Crippen molar-refractivity contribution < 1.29 is 29.0 Å². The van der Waals surface area contributed by atoms with Crippen LogP contribution in [0.3, 0.4) is 0 Å². The number of carbonyl (C=O) groups is 4. The summed E-state index contributed by atoms with van der Waals surface area (Å²) in [6.07, 6.45) is 11.2. The highest BCUT2D eigenvalue weighted by molar-refractivity contribution is 5.91. The number of rotatable bonds is 8. The molecule has 0 bridgehead atoms. The van der Waals surface area contributed by atoms with E-state index >= 15 is 0 Å². The van der Waals surface area contributed by atoms with Crippen LogP contribution in [0.4, 0.5) is 0 Å². The number of carboxylic acid groups (broad SMARTS) is 1. The van der Waals surface area contributed by atoms with Crippen molar-refractivity contribution in [1.29, 1.82) is 0 Å². The van der Waals surface area contributed by atoms with Gasteiger partial charge >= 0.3 is 11.9 Å². The minimum absolute atomic E-state index is 0.0745. The predicted molar refractivity (Wildman–Crippen MR) is 157 cm³/mol. The molecular formula is C34H42N2O6. The molecule has 4 aliphatic carbocycles. The number of aromatic nitrogens is 1. The summed E-state index contributed by atoms with van der Waals surface area (Å²) in [5.74, 6) is -0.0533. The Morgan fingerprint density at radius 3 is 2.67 bits per heavy atom. The van der Waals surface area contributed by atoms with Gasteiger partial charge in [-0.25, -0.2) is 4.79 Å². The first-order valence-corrected chi connectivity index (χ1v) is 15.6. The molecule has 0 aliphatic heterocycles. The van der Waals surface area contributed by atoms with Crippen LogP contribution in [0.2, 0.25) is 0 Å². The topological polar surface area (TPSA) is 126 Å². The standard InChI is InChI=1S/C34H42N2O6/c1-33-15-13-22(37)18-21(33)7-8-24-25-9-10-29(34(25,2)16-14-26(24)33)42-31(39)12-11-30(38)36-28(32(40)41)17-20-19-35-27-6-4-3-5-23(20)27/h3-6,18-19,24-26,28-29,35H,7-17H2,1-2H3,(H,36,38)(H,40,41)/t24-,25-,26-,28-,29-,33-,34-/m0/s1. The van der Waals surface area contributed by atoms with Crippen LogP contribution in [0.1, 0.15) is 83.6 Å². The molecular weight excluding hydrogens is 532 g/mol. The Kier molecular flexibility index (Phi) is 7.52. The molecule has 6 rings (SSSR count). The summed E-state index contributed by atoms with van der Waals surface area (Å²) in [4.78, 5) is 52.8. The number of carboxylic acids is 1. The second-order valence-corrected chi connectivity index (χ2v) is 13.6. The van der Waals surface area contributed by atoms with Crippen molar-refractivity contribution in [2.45, 2.75) is 96.6 Å². The van der Waals surface area contributed by atoms with Gasteiger partial charge in [0.2, 0.25) is 5.91 Å². The van der Waals surface area contributed by atoms with Crippen molar-refractivity contribution in [1.82, 2.24) is 10.3 Å². The zero-order valence-corrected chi connectivity index (χ0v) is 24.6. The van der Waals surface area contributed by atoms with Crippen molar-refractivity contribution in [2.24, 2.45) is 28.6 Å². The largest absolute Gasteiger partial charge is 0.480 e. The van der Waals surface area contributed by atoms with Crippen molar-refractivity contribution in [2.75, 3.05) is 0 Å². The Hall–Kier alpha value is -3.42. The highest BCUT2D eigenvalue weighted by atomic mass is 16.5. The lowest BCUT2D eigenvalue weighted by Gasteiger charge is -2.57. The predicted octanol–water partition coefficient (Wildman–Crippen LogP) is 5.50. The van der Waals surface area contributed by atoms with E-state index in [9.17, 15) is 24.3 Å². The zero-order chi connectivity index (χ0) is 29.6. The van der Waals surface area contributed by atoms with Crippen molar-refractivity contribution in [3.05, 3.63) is 47.7 Å². The number of ether oxygens (including phenoxy) is 1. The minimum Gasteiger partial charge on any atom is -0.480 e. The number of hydrogen-bond donors (Lipinski definition) is 3. The smallest absolute Gasteiger partial charge is 0.326 e. The average Bonchev–Trinajstić information content (AvgIpc) is 3.52. The maximum absolute atomic E-state index is 12.9. The number of carbonyl (C=O) groups excluding carboxylic acids is 3. The van der Waals surface area contributed by atoms with Gasteiger partial charge in [0.05, 0.1) is 6.42 Å². The number of aliphatic carboxylic acids is 1. The van der Waals surface area contributed by atoms with Gasteiger partial charge in [-0.15, -0.1) is 0 Å². The van der Waals surface area contributed by atoms with E-state index in [0.717, 1.165) is 61.4 Å². The lowest BCUT2D eigenvalue weighted by Crippen LogP contribution is -2.51. The fourth-order valence-corrected chi connectivity index (χ4v) is 9.13. The van der Waals surface area contributed by atoms with Crippen LogP contribution in [0, 0.1) is 28.6 Å². The van der Waals surface area contributed by atoms with E-state index in [0.29, 0.717) is 24.2 Å². The first kappa shape index (κ1) is 28.7. The molecule has 1 amide bonds. The Bertz CT molecular complexity index is 1440. The first-order chi connectivity index (χ1) is 20.1. The minimum atomic E-state index is -1.12. The molecule has 3 N–H and O–H groups in total. The van der Waals surface area contributed by atoms with Crippen molar-refractivity contribution in [3.8, 4) is 0 Å². The van der Waals surface area contributed by atoms with Gasteiger partial charge in [0, 0.05) is 41.8 Å². The lowest BCUT2D eigenvalue weighted by molar-refractivity contribution is -0.160. The van der Waals surface area contributed by atoms with Crippen LogP contribution in [0.15, 0.2) is 42.1 Å². The number of para-hydroxylation sites is 1. The molecule has 224 valence electrons. The molecule has 1 heterocycles. The van der Waals surface area contributed by atoms with Crippen LogP contribution in [0.5, 0.6) is 0 Å². The van der Waals surface area contributed by atoms with Gasteiger partial charge in [-0.3, -0.25) is 14.4 Å². The summed E-state index contributed by atoms with van der Waals surface area (Å²) in [6.45, 7) is 4.66. The highest BCUT2D eigenvalue weighted by Crippen LogP contribution is 2.65. The van der Waals surface area contributed by atoms with E-state index in [4.69, 9.17) is 4.74 Å². The normalized spacial score (nSPS) is 32.7. The molecule has 0 radical (unpaired) electrons. The Morgan fingerprint density at radius 1 is 1.05 bits per heavy atom. The fourth-order valence-electron chi connectivity index (χ4n) is 9.13. The molecule has 3 fully saturated rings. The van der Waals surface area contributed by atoms with Crippen LogP contribution in [-0.4, -0.2) is 45.9 Å². The number of allylic oxidation sites excluding steroid dienone is 1. The van der Waals surface area contributed by atoms with E-state index < -0.39 is 23.9 Å². The quantitative estimate of drug-likeness (QED) is 0.357. The van der Waals surface area contributed by atoms with Gasteiger partial charge in [-0.05, 0) is 85.8 Å². The van der Waals surface area contributed by atoms with Gasteiger partial charge in [0.25, 0.3) is 0 Å². The van der Waals surface area contributed by atoms with Gasteiger partial charge in [0.15, 0.2) is 5.78 Å². The molecule has 7 atom stereocenters. The van der Waals surface area contributed by atoms with Gasteiger partial charge in [0.1, 0.15) is 12.1 Å². The molecule has 0 spiro atoms. The van der Waals surface area contributed by atoms with Crippen LogP contribution in [-0.2, 0) is 30.3 Å². The average molecular weight is 575 g/mol. The van der Waals surface area contributed by atoms with E-state index in [1.807, 2.05) is 30.3 Å². The highest BCUT2D eigenvalue weighted by Gasteiger charge is 2.60. The van der Waals surface area contributed by atoms with Gasteiger partial charge < -0.3 is 20.1 Å². The number of aromatic amines is 1. The Morgan fingerprint density at radius 2 is 1.86 bits per heavy atom. The SMILES string of the molecule is C[C@]12CC[C@H]3[C@@H](CCC4=CC(=O)CC[C@@]43C)[C@@H]1CC[C@@H]2OC(=O)CCC(=O)N[C@@H](Cc1c[nH]c2ccccc12)C(=O)O. The Labute approximate surface area is 246 Å². The van der Waals surface area contributed by atoms with Crippen molar-refractivity contribution >= 4 is 34.5 Å². The fraction of sp³-hybridized carbons (Fsp3) is 0.588. The second-order valence-electron chi connectivity index (χ2n) is 13.6. The van der Waals surface area contributed by atoms with Crippen LogP contribution < -0.4 is 5.32 Å². The maximum atomic E-state index is 12.9. The summed E-state index contributed by atoms with van der Waals surface area (Å²) in [6, 6.07) is 6.53. The summed E-state index contributed by atoms with van der Waals surface area (Å²) >= 11 is 0. The summed E-state index contributed by atoms with van der Waals surface area (Å²) < 4.78 is 6.05. The number of benzene rings is 1. The molecule has 42 heavy (non-hydrogen) atoms. The summed E-state index contributed by atoms with van der Waals surface area (Å²) in [5.41, 5.74) is 3.12. The summed E-state index contributed by atoms with van der Waals surface area (Å²) in [5, 5.41) is 13.3. The van der Waals surface area contributed by atoms with E-state index in [-0.39, 0.29) is 42.0 Å². The second kappa shape index (κ2) is 11.0. The van der Waals surface area contributed by atoms with Crippen molar-refractivity contribution in [3.63, 3.8) is 0 Å². The third-order valence-corrected chi connectivity index (χ3v) is 11.4. The molecule has 8 nitrogen and oxygen atoms in total. The monoisotopic (exact) mass is 574 g/mol. The molecule has 3 saturated carbocycles. The van der Waals surface area contributed by atoms with E-state index in [1.54, 1.807) is 6.20 Å². The van der Waals surface area contributed by atoms with Gasteiger partial charge in [-0.2, -0.15) is 0 Å². The summed E-state index contributed by atoms with van der Waals surface area (Å²) in [7, 11) is 0. The molecule has 8 heteroatoms. The molecule has 4 aliphatic rings. The van der Waals surface area contributed by atoms with Gasteiger partial charge in [-0.1, -0.05) is 37.6 Å². The van der Waals surface area contributed by atoms with Crippen LogP contribution in [0.25, 0.3) is 10.9 Å². The van der Waals surface area contributed by atoms with E-state index in [2.05, 4.69) is 24.1 Å². The molecule has 2 aromatic rings. The molecule has 1 aromatic carbocycles. The number of fused-ring (bicyclic) bond motifs is 6. The molecule has 0 unspecified atom stereocenters. The number of H-pyrrole nitrogens is 1. The molecule has 1 aromatic heterocycles. The number of hydrogen-bond acceptors (Lipinski definition) is 5. The number of nitrogens with one attached hydrogen (secondary N) is 2.